The van der Waals surface area contributed by atoms with Crippen LogP contribution in [-0.2, 0) is 14.8 Å². The second-order valence-corrected chi connectivity index (χ2v) is 4.98. The summed E-state index contributed by atoms with van der Waals surface area (Å²) in [5, 5.41) is 10.5. The number of rotatable bonds is 4. The van der Waals surface area contributed by atoms with Gasteiger partial charge in [-0.15, -0.1) is 0 Å². The van der Waals surface area contributed by atoms with Gasteiger partial charge in [0.05, 0.1) is 24.0 Å². The smallest absolute Gasteiger partial charge is 0.356 e. The number of aromatic nitrogens is 1. The Morgan fingerprint density at radius 1 is 1.59 bits per heavy atom. The number of carbonyl (C=O) groups is 1. The van der Waals surface area contributed by atoms with Gasteiger partial charge in [-0.05, 0) is 6.92 Å². The first-order valence-corrected chi connectivity index (χ1v) is 6.36. The Bertz CT molecular complexity index is 559. The van der Waals surface area contributed by atoms with Gasteiger partial charge in [0.25, 0.3) is 5.69 Å². The lowest BCUT2D eigenvalue weighted by molar-refractivity contribution is -0.384. The Morgan fingerprint density at radius 3 is 2.59 bits per heavy atom. The molecular weight excluding hydrogens is 252 g/mol. The van der Waals surface area contributed by atoms with Gasteiger partial charge >= 0.3 is 5.97 Å². The average Bonchev–Trinajstić information content (AvgIpc) is 2.61. The van der Waals surface area contributed by atoms with Gasteiger partial charge in [0, 0.05) is 6.07 Å². The largest absolute Gasteiger partial charge is 0.461 e. The van der Waals surface area contributed by atoms with E-state index in [2.05, 4.69) is 4.74 Å². The molecule has 0 saturated heterocycles. The monoisotopic (exact) mass is 262 g/mol. The Balaban J connectivity index is 3.37. The zero-order chi connectivity index (χ0) is 13.2. The summed E-state index contributed by atoms with van der Waals surface area (Å²) in [6.45, 7) is 1.58. The molecule has 1 rings (SSSR count). The Morgan fingerprint density at radius 2 is 2.18 bits per heavy atom. The molecule has 94 valence electrons. The minimum absolute atomic E-state index is 0.0432. The quantitative estimate of drug-likeness (QED) is 0.441. The molecule has 8 nitrogen and oxygen atoms in total. The molecule has 0 amide bonds. The topological polar surface area (TPSA) is 109 Å². The van der Waals surface area contributed by atoms with Crippen molar-refractivity contribution in [2.24, 2.45) is 0 Å². The summed E-state index contributed by atoms with van der Waals surface area (Å²) in [4.78, 5) is 21.1. The van der Waals surface area contributed by atoms with Crippen LogP contribution >= 0.6 is 0 Å². The summed E-state index contributed by atoms with van der Waals surface area (Å²) in [5.74, 6) is -0.925. The lowest BCUT2D eigenvalue weighted by Gasteiger charge is -2.04. The average molecular weight is 262 g/mol. The highest BCUT2D eigenvalue weighted by molar-refractivity contribution is 7.89. The molecule has 0 fully saturated rings. The first kappa shape index (κ1) is 13.2. The number of carbonyl (C=O) groups excluding carboxylic acids is 1. The Kier molecular flexibility index (Phi) is 3.51. The van der Waals surface area contributed by atoms with Crippen LogP contribution in [0.15, 0.2) is 12.3 Å². The second-order valence-electron chi connectivity index (χ2n) is 3.12. The standard InChI is InChI=1S/C8H10N2O6S/c1-3-16-8(11)7-4-6(10(12)13)5-9(7)17(2,14)15/h4-5H,3H2,1-2H3. The maximum Gasteiger partial charge on any atom is 0.356 e. The van der Waals surface area contributed by atoms with E-state index in [9.17, 15) is 23.3 Å². The van der Waals surface area contributed by atoms with Gasteiger partial charge in [-0.25, -0.2) is 17.2 Å². The van der Waals surface area contributed by atoms with E-state index in [4.69, 9.17) is 0 Å². The van der Waals surface area contributed by atoms with Crippen molar-refractivity contribution >= 4 is 21.7 Å². The molecule has 9 heteroatoms. The lowest BCUT2D eigenvalue weighted by atomic mass is 10.4. The fourth-order valence-corrected chi connectivity index (χ4v) is 1.94. The third kappa shape index (κ3) is 2.81. The van der Waals surface area contributed by atoms with E-state index in [1.807, 2.05) is 0 Å². The maximum absolute atomic E-state index is 11.4. The molecule has 0 spiro atoms. The first-order valence-electron chi connectivity index (χ1n) is 4.51. The van der Waals surface area contributed by atoms with E-state index in [1.165, 1.54) is 0 Å². The van der Waals surface area contributed by atoms with Crippen molar-refractivity contribution < 1.29 is 22.9 Å². The number of nitrogens with zero attached hydrogens (tertiary/aromatic N) is 2. The van der Waals surface area contributed by atoms with E-state index < -0.39 is 26.6 Å². The van der Waals surface area contributed by atoms with Crippen LogP contribution in [0.2, 0.25) is 0 Å². The van der Waals surface area contributed by atoms with Crippen molar-refractivity contribution in [2.75, 3.05) is 12.9 Å². The first-order chi connectivity index (χ1) is 7.77. The fraction of sp³-hybridized carbons (Fsp3) is 0.375. The molecule has 0 aliphatic heterocycles. The van der Waals surface area contributed by atoms with Gasteiger partial charge in [-0.1, -0.05) is 0 Å². The minimum atomic E-state index is -3.80. The van der Waals surface area contributed by atoms with Crippen LogP contribution in [0, 0.1) is 10.1 Å². The van der Waals surface area contributed by atoms with Crippen LogP contribution in [0.3, 0.4) is 0 Å². The predicted octanol–water partition coefficient (Wildman–Crippen LogP) is 0.381. The fourth-order valence-electron chi connectivity index (χ4n) is 1.16. The third-order valence-electron chi connectivity index (χ3n) is 1.82. The van der Waals surface area contributed by atoms with Gasteiger partial charge in [0.1, 0.15) is 5.69 Å². The molecule has 1 aromatic heterocycles. The molecule has 1 heterocycles. The molecule has 0 N–H and O–H groups in total. The summed E-state index contributed by atoms with van der Waals surface area (Å²) < 4.78 is 27.8. The van der Waals surface area contributed by atoms with Gasteiger partial charge < -0.3 is 4.74 Å². The molecule has 0 saturated carbocycles. The molecule has 0 radical (unpaired) electrons. The molecule has 0 aliphatic rings. The zero-order valence-electron chi connectivity index (χ0n) is 9.11. The summed E-state index contributed by atoms with van der Waals surface area (Å²) in [6, 6.07) is 0.860. The SMILES string of the molecule is CCOC(=O)c1cc([N+](=O)[O-])cn1S(C)(=O)=O. The number of ether oxygens (including phenoxy) is 1. The minimum Gasteiger partial charge on any atom is -0.461 e. The van der Waals surface area contributed by atoms with E-state index in [0.717, 1.165) is 18.5 Å². The van der Waals surface area contributed by atoms with Gasteiger partial charge in [-0.2, -0.15) is 0 Å². The molecule has 0 bridgehead atoms. The lowest BCUT2D eigenvalue weighted by Crippen LogP contribution is -2.17. The zero-order valence-corrected chi connectivity index (χ0v) is 9.93. The highest BCUT2D eigenvalue weighted by atomic mass is 32.2. The molecule has 1 aromatic rings. The van der Waals surface area contributed by atoms with E-state index in [0.29, 0.717) is 3.97 Å². The molecule has 0 atom stereocenters. The van der Waals surface area contributed by atoms with E-state index in [1.54, 1.807) is 6.92 Å². The second kappa shape index (κ2) is 4.53. The highest BCUT2D eigenvalue weighted by Crippen LogP contribution is 2.18. The number of hydrogen-bond acceptors (Lipinski definition) is 6. The summed E-state index contributed by atoms with van der Waals surface area (Å²) in [6.07, 6.45) is 1.60. The van der Waals surface area contributed by atoms with Crippen molar-refractivity contribution in [3.8, 4) is 0 Å². The van der Waals surface area contributed by atoms with Crippen molar-refractivity contribution in [2.45, 2.75) is 6.92 Å². The van der Waals surface area contributed by atoms with Crippen molar-refractivity contribution in [1.29, 1.82) is 0 Å². The summed E-state index contributed by atoms with van der Waals surface area (Å²) in [5.41, 5.74) is -0.875. The summed E-state index contributed by atoms with van der Waals surface area (Å²) >= 11 is 0. The van der Waals surface area contributed by atoms with E-state index >= 15 is 0 Å². The molecular formula is C8H10N2O6S. The predicted molar refractivity (Wildman–Crippen MR) is 57.3 cm³/mol. The van der Waals surface area contributed by atoms with Gasteiger partial charge in [-0.3, -0.25) is 10.1 Å². The molecule has 0 unspecified atom stereocenters. The molecule has 0 aliphatic carbocycles. The number of hydrogen-bond donors (Lipinski definition) is 0. The van der Waals surface area contributed by atoms with Gasteiger partial charge in [0.2, 0.25) is 10.0 Å². The van der Waals surface area contributed by atoms with E-state index in [-0.39, 0.29) is 12.3 Å². The van der Waals surface area contributed by atoms with Crippen LogP contribution in [0.25, 0.3) is 0 Å². The third-order valence-corrected chi connectivity index (χ3v) is 2.84. The number of esters is 1. The van der Waals surface area contributed by atoms with Crippen LogP contribution in [-0.4, -0.2) is 36.1 Å². The Hall–Kier alpha value is -1.90. The van der Waals surface area contributed by atoms with Crippen LogP contribution < -0.4 is 0 Å². The van der Waals surface area contributed by atoms with Crippen molar-refractivity contribution in [1.82, 2.24) is 3.97 Å². The van der Waals surface area contributed by atoms with Crippen molar-refractivity contribution in [3.63, 3.8) is 0 Å². The normalized spacial score (nSPS) is 11.2. The highest BCUT2D eigenvalue weighted by Gasteiger charge is 2.24. The Labute approximate surface area is 97.0 Å². The summed E-state index contributed by atoms with van der Waals surface area (Å²) in [7, 11) is -3.80. The van der Waals surface area contributed by atoms with Crippen LogP contribution in [0.5, 0.6) is 0 Å². The van der Waals surface area contributed by atoms with Crippen LogP contribution in [0.1, 0.15) is 17.4 Å². The van der Waals surface area contributed by atoms with Crippen molar-refractivity contribution in [3.05, 3.63) is 28.1 Å². The maximum atomic E-state index is 11.4. The molecule has 0 aromatic carbocycles. The molecule has 17 heavy (non-hydrogen) atoms. The number of nitro groups is 1. The van der Waals surface area contributed by atoms with Gasteiger partial charge in [0.15, 0.2) is 0 Å². The van der Waals surface area contributed by atoms with Crippen LogP contribution in [0.4, 0.5) is 5.69 Å².